The number of sulfonamides is 1. The molecule has 41 heavy (non-hydrogen) atoms. The van der Waals surface area contributed by atoms with Crippen LogP contribution in [0, 0.1) is 0 Å². The maximum Gasteiger partial charge on any atom is 0.244 e. The molecule has 3 rings (SSSR count). The van der Waals surface area contributed by atoms with Crippen molar-refractivity contribution in [3.05, 3.63) is 95.0 Å². The highest BCUT2D eigenvalue weighted by Crippen LogP contribution is 2.30. The Morgan fingerprint density at radius 3 is 2.22 bits per heavy atom. The maximum atomic E-state index is 14.2. The maximum absolute atomic E-state index is 14.2. The molecular weight excluding hydrogens is 562 g/mol. The zero-order valence-corrected chi connectivity index (χ0v) is 25.5. The Labute approximate surface area is 248 Å². The molecule has 0 aliphatic heterocycles. The summed E-state index contributed by atoms with van der Waals surface area (Å²) in [4.78, 5) is 29.4. The molecule has 220 valence electrons. The van der Waals surface area contributed by atoms with E-state index >= 15 is 0 Å². The fourth-order valence-corrected chi connectivity index (χ4v) is 5.39. The molecule has 3 aromatic carbocycles. The van der Waals surface area contributed by atoms with E-state index in [1.165, 1.54) is 4.90 Å². The van der Waals surface area contributed by atoms with Gasteiger partial charge in [0, 0.05) is 24.0 Å². The molecule has 0 bridgehead atoms. The number of para-hydroxylation sites is 2. The summed E-state index contributed by atoms with van der Waals surface area (Å²) in [5.74, 6) is -0.549. The van der Waals surface area contributed by atoms with E-state index in [0.717, 1.165) is 16.1 Å². The van der Waals surface area contributed by atoms with Gasteiger partial charge in [-0.25, -0.2) is 8.42 Å². The molecule has 10 heteroatoms. The number of ether oxygens (including phenoxy) is 1. The minimum Gasteiger partial charge on any atom is -0.492 e. The van der Waals surface area contributed by atoms with Crippen molar-refractivity contribution < 1.29 is 22.7 Å². The summed E-state index contributed by atoms with van der Waals surface area (Å²) in [6.45, 7) is 5.44. The van der Waals surface area contributed by atoms with Crippen molar-refractivity contribution in [3.8, 4) is 5.75 Å². The number of halogens is 1. The molecule has 0 spiro atoms. The summed E-state index contributed by atoms with van der Waals surface area (Å²) >= 11 is 6.49. The molecule has 0 saturated heterocycles. The normalized spacial score (nSPS) is 12.7. The van der Waals surface area contributed by atoms with Gasteiger partial charge in [0.15, 0.2) is 0 Å². The minimum atomic E-state index is -3.92. The van der Waals surface area contributed by atoms with Gasteiger partial charge in [0.25, 0.3) is 0 Å². The zero-order chi connectivity index (χ0) is 30.0. The molecule has 0 fully saturated rings. The SMILES string of the molecule is CCOc1ccccc1N(CC(=O)N(Cc1ccccc1Cl)[C@H](Cc1ccccc1)C(=O)N[C@H](C)CC)S(C)(=O)=O. The summed E-state index contributed by atoms with van der Waals surface area (Å²) in [5, 5.41) is 3.45. The highest BCUT2D eigenvalue weighted by Gasteiger charge is 2.34. The number of anilines is 1. The standard InChI is InChI=1S/C31H38ClN3O5S/c1-5-23(3)33-31(37)28(20-24-14-8-7-9-15-24)34(21-25-16-10-11-17-26(25)32)30(36)22-35(41(4,38)39)27-18-12-13-19-29(27)40-6-2/h7-19,23,28H,5-6,20-22H2,1-4H3,(H,33,37)/t23-,28-/m1/s1. The van der Waals surface area contributed by atoms with Crippen molar-refractivity contribution >= 4 is 39.1 Å². The predicted octanol–water partition coefficient (Wildman–Crippen LogP) is 5.06. The second-order valence-electron chi connectivity index (χ2n) is 9.81. The lowest BCUT2D eigenvalue weighted by molar-refractivity contribution is -0.140. The molecule has 0 aliphatic carbocycles. The lowest BCUT2D eigenvalue weighted by atomic mass is 10.0. The van der Waals surface area contributed by atoms with Crippen LogP contribution in [-0.4, -0.2) is 56.6 Å². The van der Waals surface area contributed by atoms with Crippen LogP contribution in [0.15, 0.2) is 78.9 Å². The minimum absolute atomic E-state index is 0.00857. The van der Waals surface area contributed by atoms with Gasteiger partial charge in [-0.1, -0.05) is 79.2 Å². The third-order valence-electron chi connectivity index (χ3n) is 6.68. The van der Waals surface area contributed by atoms with Gasteiger partial charge in [-0.15, -0.1) is 0 Å². The fourth-order valence-electron chi connectivity index (χ4n) is 4.34. The number of amides is 2. The van der Waals surface area contributed by atoms with Crippen molar-refractivity contribution in [1.29, 1.82) is 0 Å². The smallest absolute Gasteiger partial charge is 0.244 e. The number of carbonyl (C=O) groups excluding carboxylic acids is 2. The Morgan fingerprint density at radius 1 is 0.951 bits per heavy atom. The quantitative estimate of drug-likeness (QED) is 0.279. The van der Waals surface area contributed by atoms with Crippen LogP contribution in [0.25, 0.3) is 0 Å². The molecule has 3 aromatic rings. The number of nitrogens with one attached hydrogen (secondary N) is 1. The van der Waals surface area contributed by atoms with E-state index in [9.17, 15) is 18.0 Å². The van der Waals surface area contributed by atoms with Crippen LogP contribution < -0.4 is 14.4 Å². The summed E-state index contributed by atoms with van der Waals surface area (Å²) in [6, 6.07) is 22.1. The molecule has 2 amide bonds. The largest absolute Gasteiger partial charge is 0.492 e. The van der Waals surface area contributed by atoms with E-state index in [2.05, 4.69) is 5.32 Å². The van der Waals surface area contributed by atoms with Crippen LogP contribution in [-0.2, 0) is 32.6 Å². The Bertz CT molecular complexity index is 1420. The van der Waals surface area contributed by atoms with Crippen LogP contribution in [0.2, 0.25) is 5.02 Å². The first-order valence-corrected chi connectivity index (χ1v) is 15.8. The molecular formula is C31H38ClN3O5S. The van der Waals surface area contributed by atoms with E-state index in [0.29, 0.717) is 29.4 Å². The number of nitrogens with zero attached hydrogens (tertiary/aromatic N) is 2. The van der Waals surface area contributed by atoms with Crippen LogP contribution in [0.3, 0.4) is 0 Å². The first kappa shape index (κ1) is 32.0. The number of benzene rings is 3. The van der Waals surface area contributed by atoms with Crippen LogP contribution in [0.1, 0.15) is 38.3 Å². The Hall–Kier alpha value is -3.56. The highest BCUT2D eigenvalue weighted by molar-refractivity contribution is 7.92. The average molecular weight is 600 g/mol. The van der Waals surface area contributed by atoms with E-state index in [-0.39, 0.29) is 30.6 Å². The third-order valence-corrected chi connectivity index (χ3v) is 8.18. The van der Waals surface area contributed by atoms with Gasteiger partial charge in [-0.05, 0) is 49.6 Å². The van der Waals surface area contributed by atoms with Gasteiger partial charge in [-0.2, -0.15) is 0 Å². The lowest BCUT2D eigenvalue weighted by Gasteiger charge is -2.34. The van der Waals surface area contributed by atoms with E-state index in [1.54, 1.807) is 55.5 Å². The molecule has 0 radical (unpaired) electrons. The molecule has 1 N–H and O–H groups in total. The first-order valence-electron chi connectivity index (χ1n) is 13.6. The summed E-state index contributed by atoms with van der Waals surface area (Å²) in [6.07, 6.45) is 1.98. The second-order valence-corrected chi connectivity index (χ2v) is 12.1. The van der Waals surface area contributed by atoms with Crippen LogP contribution in [0.5, 0.6) is 5.75 Å². The van der Waals surface area contributed by atoms with Crippen molar-refractivity contribution in [2.45, 2.75) is 52.2 Å². The van der Waals surface area contributed by atoms with E-state index < -0.39 is 28.5 Å². The highest BCUT2D eigenvalue weighted by atomic mass is 35.5. The van der Waals surface area contributed by atoms with Crippen molar-refractivity contribution in [1.82, 2.24) is 10.2 Å². The second kappa shape index (κ2) is 14.9. The number of rotatable bonds is 14. The third kappa shape index (κ3) is 8.96. The van der Waals surface area contributed by atoms with Gasteiger partial charge in [-0.3, -0.25) is 13.9 Å². The van der Waals surface area contributed by atoms with Gasteiger partial charge in [0.05, 0.1) is 18.6 Å². The van der Waals surface area contributed by atoms with Crippen LogP contribution >= 0.6 is 11.6 Å². The monoisotopic (exact) mass is 599 g/mol. The molecule has 8 nitrogen and oxygen atoms in total. The number of hydrogen-bond acceptors (Lipinski definition) is 5. The van der Waals surface area contributed by atoms with E-state index in [1.807, 2.05) is 44.2 Å². The van der Waals surface area contributed by atoms with Gasteiger partial charge < -0.3 is 15.0 Å². The first-order chi connectivity index (χ1) is 19.5. The molecule has 2 atom stereocenters. The topological polar surface area (TPSA) is 96.0 Å². The lowest BCUT2D eigenvalue weighted by Crippen LogP contribution is -2.54. The average Bonchev–Trinajstić information content (AvgIpc) is 2.95. The fraction of sp³-hybridized carbons (Fsp3) is 0.355. The van der Waals surface area contributed by atoms with Gasteiger partial charge in [0.2, 0.25) is 21.8 Å². The summed E-state index contributed by atoms with van der Waals surface area (Å²) in [5.41, 5.74) is 1.74. The van der Waals surface area contributed by atoms with Gasteiger partial charge in [0.1, 0.15) is 18.3 Å². The molecule has 0 aliphatic rings. The molecule has 0 saturated carbocycles. The van der Waals surface area contributed by atoms with Crippen molar-refractivity contribution in [3.63, 3.8) is 0 Å². The van der Waals surface area contributed by atoms with Crippen molar-refractivity contribution in [2.75, 3.05) is 23.7 Å². The van der Waals surface area contributed by atoms with Gasteiger partial charge >= 0.3 is 0 Å². The molecule has 0 aromatic heterocycles. The summed E-state index contributed by atoms with van der Waals surface area (Å²) < 4.78 is 32.8. The van der Waals surface area contributed by atoms with E-state index in [4.69, 9.17) is 16.3 Å². The van der Waals surface area contributed by atoms with Crippen molar-refractivity contribution in [2.24, 2.45) is 0 Å². The van der Waals surface area contributed by atoms with Crippen LogP contribution in [0.4, 0.5) is 5.69 Å². The Kier molecular flexibility index (Phi) is 11.6. The molecule has 0 unspecified atom stereocenters. The Morgan fingerprint density at radius 2 is 1.59 bits per heavy atom. The molecule has 0 heterocycles. The Balaban J connectivity index is 2.09. The number of hydrogen-bond donors (Lipinski definition) is 1. The number of carbonyl (C=O) groups is 2. The summed E-state index contributed by atoms with van der Waals surface area (Å²) in [7, 11) is -3.92. The zero-order valence-electron chi connectivity index (χ0n) is 23.9. The predicted molar refractivity (Wildman–Crippen MR) is 164 cm³/mol.